The smallest absolute Gasteiger partial charge is 0.251 e. The molecular weight excluding hydrogens is 438 g/mol. The number of hydrogen-bond donors (Lipinski definition) is 2. The normalized spacial score (nSPS) is 12.0. The summed E-state index contributed by atoms with van der Waals surface area (Å²) >= 11 is 0. The number of ether oxygens (including phenoxy) is 1. The first kappa shape index (κ1) is 22.6. The third kappa shape index (κ3) is 5.18. The monoisotopic (exact) mass is 465 g/mol. The predicted octanol–water partition coefficient (Wildman–Crippen LogP) is 4.60. The van der Waals surface area contributed by atoms with Crippen molar-refractivity contribution in [2.75, 3.05) is 13.2 Å². The molecule has 0 aliphatic rings. The van der Waals surface area contributed by atoms with E-state index >= 15 is 0 Å². The minimum Gasteiger partial charge on any atom is -0.490 e. The van der Waals surface area contributed by atoms with Crippen molar-refractivity contribution < 1.29 is 14.6 Å². The number of para-hydroxylation sites is 2. The number of rotatable bonds is 9. The molecule has 0 aliphatic heterocycles. The molecule has 1 amide bonds. The van der Waals surface area contributed by atoms with Gasteiger partial charge in [-0.2, -0.15) is 0 Å². The fourth-order valence-electron chi connectivity index (χ4n) is 4.27. The minimum absolute atomic E-state index is 0.114. The maximum Gasteiger partial charge on any atom is 0.251 e. The predicted molar refractivity (Wildman–Crippen MR) is 138 cm³/mol. The van der Waals surface area contributed by atoms with Gasteiger partial charge in [-0.05, 0) is 35.7 Å². The van der Waals surface area contributed by atoms with E-state index in [4.69, 9.17) is 9.72 Å². The second-order valence-corrected chi connectivity index (χ2v) is 8.44. The van der Waals surface area contributed by atoms with E-state index in [-0.39, 0.29) is 12.5 Å². The van der Waals surface area contributed by atoms with Gasteiger partial charge >= 0.3 is 0 Å². The van der Waals surface area contributed by atoms with Crippen LogP contribution in [-0.2, 0) is 13.0 Å². The number of nitrogens with one attached hydrogen (secondary N) is 1. The molecule has 6 nitrogen and oxygen atoms in total. The molecule has 2 N–H and O–H groups in total. The zero-order valence-corrected chi connectivity index (χ0v) is 19.3. The molecule has 5 aromatic rings. The van der Waals surface area contributed by atoms with Gasteiger partial charge in [0, 0.05) is 23.9 Å². The molecule has 0 saturated carbocycles. The fourth-order valence-corrected chi connectivity index (χ4v) is 4.27. The Morgan fingerprint density at radius 3 is 2.54 bits per heavy atom. The van der Waals surface area contributed by atoms with Crippen molar-refractivity contribution in [2.45, 2.75) is 19.1 Å². The Kier molecular flexibility index (Phi) is 6.73. The number of fused-ring (bicyclic) bond motifs is 2. The van der Waals surface area contributed by atoms with Crippen LogP contribution in [0.5, 0.6) is 5.75 Å². The van der Waals surface area contributed by atoms with Crippen LogP contribution in [0.2, 0.25) is 0 Å². The molecule has 0 spiro atoms. The van der Waals surface area contributed by atoms with E-state index in [1.165, 1.54) is 0 Å². The molecule has 0 fully saturated rings. The average Bonchev–Trinajstić information content (AvgIpc) is 3.24. The quantitative estimate of drug-likeness (QED) is 0.334. The van der Waals surface area contributed by atoms with Crippen molar-refractivity contribution in [1.29, 1.82) is 0 Å². The second kappa shape index (κ2) is 10.4. The number of benzene rings is 4. The molecule has 0 aliphatic carbocycles. The lowest BCUT2D eigenvalue weighted by Crippen LogP contribution is -2.28. The molecule has 4 aromatic carbocycles. The van der Waals surface area contributed by atoms with E-state index in [0.29, 0.717) is 25.1 Å². The van der Waals surface area contributed by atoms with E-state index in [9.17, 15) is 9.90 Å². The number of aromatic nitrogens is 2. The topological polar surface area (TPSA) is 76.4 Å². The van der Waals surface area contributed by atoms with Crippen LogP contribution in [0.1, 0.15) is 16.2 Å². The third-order valence-corrected chi connectivity index (χ3v) is 5.98. The van der Waals surface area contributed by atoms with Gasteiger partial charge in [-0.1, -0.05) is 66.7 Å². The van der Waals surface area contributed by atoms with Crippen LogP contribution in [0.25, 0.3) is 21.8 Å². The highest BCUT2D eigenvalue weighted by Crippen LogP contribution is 2.25. The van der Waals surface area contributed by atoms with E-state index in [2.05, 4.69) is 5.32 Å². The van der Waals surface area contributed by atoms with Gasteiger partial charge in [0.15, 0.2) is 0 Å². The van der Waals surface area contributed by atoms with Crippen molar-refractivity contribution in [3.63, 3.8) is 0 Å². The van der Waals surface area contributed by atoms with Crippen LogP contribution < -0.4 is 10.1 Å². The van der Waals surface area contributed by atoms with E-state index in [1.54, 1.807) is 12.1 Å². The first-order valence-corrected chi connectivity index (χ1v) is 11.7. The number of carbonyl (C=O) groups is 1. The van der Waals surface area contributed by atoms with Gasteiger partial charge in [-0.25, -0.2) is 4.98 Å². The van der Waals surface area contributed by atoms with Crippen LogP contribution >= 0.6 is 0 Å². The van der Waals surface area contributed by atoms with Crippen LogP contribution in [-0.4, -0.2) is 39.8 Å². The summed E-state index contributed by atoms with van der Waals surface area (Å²) in [5.74, 6) is 1.45. The Bertz CT molecular complexity index is 1440. The summed E-state index contributed by atoms with van der Waals surface area (Å²) in [5.41, 5.74) is 2.43. The summed E-state index contributed by atoms with van der Waals surface area (Å²) in [7, 11) is 0. The van der Waals surface area contributed by atoms with Crippen LogP contribution in [0, 0.1) is 0 Å². The van der Waals surface area contributed by atoms with Crippen molar-refractivity contribution in [3.8, 4) is 5.75 Å². The Morgan fingerprint density at radius 2 is 1.66 bits per heavy atom. The molecule has 5 rings (SSSR count). The molecule has 6 heteroatoms. The average molecular weight is 466 g/mol. The van der Waals surface area contributed by atoms with Gasteiger partial charge < -0.3 is 19.7 Å². The zero-order chi connectivity index (χ0) is 24.0. The lowest BCUT2D eigenvalue weighted by atomic mass is 10.1. The summed E-state index contributed by atoms with van der Waals surface area (Å²) in [6.45, 7) is 0.942. The number of aliphatic hydroxyl groups is 1. The van der Waals surface area contributed by atoms with E-state index in [1.807, 2.05) is 89.5 Å². The molecule has 1 atom stereocenters. The summed E-state index contributed by atoms with van der Waals surface area (Å²) < 4.78 is 8.02. The first-order valence-electron chi connectivity index (χ1n) is 11.7. The number of amides is 1. The van der Waals surface area contributed by atoms with Gasteiger partial charge in [0.1, 0.15) is 24.3 Å². The molecule has 0 unspecified atom stereocenters. The molecule has 176 valence electrons. The lowest BCUT2D eigenvalue weighted by Gasteiger charge is -2.17. The van der Waals surface area contributed by atoms with Gasteiger partial charge in [0.2, 0.25) is 0 Å². The molecule has 0 saturated heterocycles. The van der Waals surface area contributed by atoms with Crippen LogP contribution in [0.15, 0.2) is 97.1 Å². The lowest BCUT2D eigenvalue weighted by molar-refractivity contribution is 0.0929. The highest BCUT2D eigenvalue weighted by molar-refractivity contribution is 5.94. The zero-order valence-electron chi connectivity index (χ0n) is 19.3. The SMILES string of the molecule is O=C(NCCc1nc2ccccc2n1C[C@@H](O)COc1cccc2ccccc12)c1ccccc1. The summed E-state index contributed by atoms with van der Waals surface area (Å²) in [5, 5.41) is 15.9. The summed E-state index contributed by atoms with van der Waals surface area (Å²) in [4.78, 5) is 17.1. The van der Waals surface area contributed by atoms with E-state index in [0.717, 1.165) is 33.4 Å². The van der Waals surface area contributed by atoms with Crippen molar-refractivity contribution >= 4 is 27.7 Å². The molecule has 0 bridgehead atoms. The van der Waals surface area contributed by atoms with Crippen molar-refractivity contribution in [3.05, 3.63) is 108 Å². The summed E-state index contributed by atoms with van der Waals surface area (Å²) in [6, 6.07) is 30.9. The number of aliphatic hydroxyl groups excluding tert-OH is 1. The standard InChI is InChI=1S/C29H27N3O3/c33-23(20-35-27-16-8-12-21-9-4-5-13-24(21)27)19-32-26-15-7-6-14-25(26)31-28(32)17-18-30-29(34)22-10-2-1-3-11-22/h1-16,23,33H,17-20H2,(H,30,34)/t23-/m1/s1. The van der Waals surface area contributed by atoms with Gasteiger partial charge in [-0.3, -0.25) is 4.79 Å². The maximum absolute atomic E-state index is 12.4. The largest absolute Gasteiger partial charge is 0.490 e. The Labute approximate surface area is 203 Å². The van der Waals surface area contributed by atoms with Crippen molar-refractivity contribution in [2.24, 2.45) is 0 Å². The highest BCUT2D eigenvalue weighted by atomic mass is 16.5. The molecular formula is C29H27N3O3. The maximum atomic E-state index is 12.4. The van der Waals surface area contributed by atoms with E-state index < -0.39 is 6.10 Å². The first-order chi connectivity index (χ1) is 17.2. The Hall–Kier alpha value is -4.16. The van der Waals surface area contributed by atoms with Gasteiger partial charge in [0.25, 0.3) is 5.91 Å². The molecule has 1 heterocycles. The van der Waals surface area contributed by atoms with Crippen LogP contribution in [0.3, 0.4) is 0 Å². The summed E-state index contributed by atoms with van der Waals surface area (Å²) in [6.07, 6.45) is -0.186. The fraction of sp³-hybridized carbons (Fsp3) is 0.172. The third-order valence-electron chi connectivity index (χ3n) is 5.98. The minimum atomic E-state index is -0.732. The van der Waals surface area contributed by atoms with Crippen LogP contribution in [0.4, 0.5) is 0 Å². The molecule has 1 aromatic heterocycles. The number of nitrogens with zero attached hydrogens (tertiary/aromatic N) is 2. The Balaban J connectivity index is 1.27. The van der Waals surface area contributed by atoms with Gasteiger partial charge in [-0.15, -0.1) is 0 Å². The number of hydrogen-bond acceptors (Lipinski definition) is 4. The molecule has 35 heavy (non-hydrogen) atoms. The van der Waals surface area contributed by atoms with Crippen molar-refractivity contribution in [1.82, 2.24) is 14.9 Å². The number of carbonyl (C=O) groups excluding carboxylic acids is 1. The number of imidazole rings is 1. The Morgan fingerprint density at radius 1 is 0.914 bits per heavy atom. The second-order valence-electron chi connectivity index (χ2n) is 8.44. The van der Waals surface area contributed by atoms with Gasteiger partial charge in [0.05, 0.1) is 17.6 Å². The highest BCUT2D eigenvalue weighted by Gasteiger charge is 2.16. The molecule has 0 radical (unpaired) electrons.